The molecule has 1 aliphatic carbocycles. The molecular formula is C18H26N2O. The third-order valence-electron chi connectivity index (χ3n) is 5.07. The van der Waals surface area contributed by atoms with Crippen molar-refractivity contribution in [2.24, 2.45) is 0 Å². The van der Waals surface area contributed by atoms with Gasteiger partial charge in [0, 0.05) is 19.1 Å². The van der Waals surface area contributed by atoms with Crippen molar-refractivity contribution in [3.05, 3.63) is 35.4 Å². The highest BCUT2D eigenvalue weighted by molar-refractivity contribution is 5.78. The van der Waals surface area contributed by atoms with Crippen LogP contribution in [0.15, 0.2) is 24.3 Å². The fourth-order valence-electron chi connectivity index (χ4n) is 3.67. The summed E-state index contributed by atoms with van der Waals surface area (Å²) in [5.41, 5.74) is 2.72. The Balaban J connectivity index is 1.56. The van der Waals surface area contributed by atoms with Crippen LogP contribution >= 0.6 is 0 Å². The van der Waals surface area contributed by atoms with Crippen LogP contribution in [0.4, 0.5) is 0 Å². The van der Waals surface area contributed by atoms with E-state index < -0.39 is 0 Å². The van der Waals surface area contributed by atoms with Crippen LogP contribution < -0.4 is 0 Å². The van der Waals surface area contributed by atoms with Gasteiger partial charge >= 0.3 is 0 Å². The molecule has 0 bridgehead atoms. The molecule has 0 atom stereocenters. The van der Waals surface area contributed by atoms with Crippen LogP contribution in [0.25, 0.3) is 0 Å². The number of hydrogen-bond acceptors (Lipinski definition) is 2. The fraction of sp³-hybridized carbons (Fsp3) is 0.611. The van der Waals surface area contributed by atoms with E-state index >= 15 is 0 Å². The van der Waals surface area contributed by atoms with E-state index in [9.17, 15) is 4.79 Å². The number of benzene rings is 1. The van der Waals surface area contributed by atoms with E-state index in [1.165, 1.54) is 43.2 Å². The van der Waals surface area contributed by atoms with Gasteiger partial charge in [0.2, 0.25) is 5.91 Å². The van der Waals surface area contributed by atoms with Crippen molar-refractivity contribution < 1.29 is 4.79 Å². The van der Waals surface area contributed by atoms with E-state index in [-0.39, 0.29) is 5.91 Å². The number of hydrogen-bond donors (Lipinski definition) is 0. The summed E-state index contributed by atoms with van der Waals surface area (Å²) in [4.78, 5) is 16.9. The summed E-state index contributed by atoms with van der Waals surface area (Å²) in [6.45, 7) is 2.23. The lowest BCUT2D eigenvalue weighted by molar-refractivity contribution is -0.133. The Kier molecular flexibility index (Phi) is 4.59. The average molecular weight is 286 g/mol. The lowest BCUT2D eigenvalue weighted by Gasteiger charge is -2.34. The molecule has 3 rings (SSSR count). The van der Waals surface area contributed by atoms with Crippen molar-refractivity contribution in [3.8, 4) is 0 Å². The zero-order valence-corrected chi connectivity index (χ0v) is 13.1. The first-order valence-corrected chi connectivity index (χ1v) is 8.29. The highest BCUT2D eigenvalue weighted by Crippen LogP contribution is 2.22. The molecule has 1 aromatic rings. The smallest absolute Gasteiger partial charge is 0.237 e. The van der Waals surface area contributed by atoms with Crippen LogP contribution in [0.5, 0.6) is 0 Å². The number of fused-ring (bicyclic) bond motifs is 1. The Morgan fingerprint density at radius 1 is 1.19 bits per heavy atom. The molecule has 0 aromatic heterocycles. The van der Waals surface area contributed by atoms with Crippen LogP contribution in [0.2, 0.25) is 0 Å². The minimum atomic E-state index is 0.289. The lowest BCUT2D eigenvalue weighted by Crippen LogP contribution is -2.44. The summed E-state index contributed by atoms with van der Waals surface area (Å²) in [5, 5.41) is 0. The summed E-state index contributed by atoms with van der Waals surface area (Å²) in [6.07, 6.45) is 7.51. The predicted molar refractivity (Wildman–Crippen MR) is 85.1 cm³/mol. The third-order valence-corrected chi connectivity index (χ3v) is 5.07. The molecule has 1 fully saturated rings. The maximum atomic E-state index is 12.5. The molecule has 0 saturated heterocycles. The van der Waals surface area contributed by atoms with Gasteiger partial charge in [0.25, 0.3) is 0 Å². The highest BCUT2D eigenvalue weighted by Gasteiger charge is 2.24. The van der Waals surface area contributed by atoms with Crippen molar-refractivity contribution in [1.29, 1.82) is 0 Å². The first-order valence-electron chi connectivity index (χ1n) is 8.29. The summed E-state index contributed by atoms with van der Waals surface area (Å²) in [6, 6.07) is 9.11. The van der Waals surface area contributed by atoms with Gasteiger partial charge in [0.05, 0.1) is 6.54 Å². The van der Waals surface area contributed by atoms with Crippen LogP contribution in [0, 0.1) is 0 Å². The SMILES string of the molecule is CN(CC(=O)N1CCc2ccccc2C1)C1CCCCC1. The maximum Gasteiger partial charge on any atom is 0.237 e. The first-order chi connectivity index (χ1) is 10.2. The molecule has 1 heterocycles. The number of carbonyl (C=O) groups is 1. The van der Waals surface area contributed by atoms with Gasteiger partial charge in [0.15, 0.2) is 0 Å². The summed E-state index contributed by atoms with van der Waals surface area (Å²) >= 11 is 0. The number of likely N-dealkylation sites (N-methyl/N-ethyl adjacent to an activating group) is 1. The number of carbonyl (C=O) groups excluding carboxylic acids is 1. The fourth-order valence-corrected chi connectivity index (χ4v) is 3.67. The molecule has 114 valence electrons. The molecule has 1 aromatic carbocycles. The van der Waals surface area contributed by atoms with E-state index in [0.717, 1.165) is 19.5 Å². The van der Waals surface area contributed by atoms with E-state index in [4.69, 9.17) is 0 Å². The maximum absolute atomic E-state index is 12.5. The summed E-state index contributed by atoms with van der Waals surface area (Å²) in [5.74, 6) is 0.289. The molecule has 1 saturated carbocycles. The Hall–Kier alpha value is -1.35. The second-order valence-corrected chi connectivity index (χ2v) is 6.54. The molecule has 2 aliphatic rings. The lowest BCUT2D eigenvalue weighted by atomic mass is 9.94. The quantitative estimate of drug-likeness (QED) is 0.853. The minimum absolute atomic E-state index is 0.289. The van der Waals surface area contributed by atoms with Gasteiger partial charge in [-0.25, -0.2) is 0 Å². The normalized spacial score (nSPS) is 19.6. The number of rotatable bonds is 3. The zero-order valence-electron chi connectivity index (χ0n) is 13.1. The van der Waals surface area contributed by atoms with Crippen molar-refractivity contribution in [2.45, 2.75) is 51.1 Å². The van der Waals surface area contributed by atoms with E-state index in [2.05, 4.69) is 36.2 Å². The van der Waals surface area contributed by atoms with Crippen molar-refractivity contribution >= 4 is 5.91 Å². The van der Waals surface area contributed by atoms with Gasteiger partial charge in [-0.15, -0.1) is 0 Å². The minimum Gasteiger partial charge on any atom is -0.337 e. The molecular weight excluding hydrogens is 260 g/mol. The zero-order chi connectivity index (χ0) is 14.7. The molecule has 3 heteroatoms. The van der Waals surface area contributed by atoms with Gasteiger partial charge in [-0.1, -0.05) is 43.5 Å². The van der Waals surface area contributed by atoms with Crippen LogP contribution in [0.3, 0.4) is 0 Å². The second-order valence-electron chi connectivity index (χ2n) is 6.54. The Morgan fingerprint density at radius 2 is 1.90 bits per heavy atom. The monoisotopic (exact) mass is 286 g/mol. The van der Waals surface area contributed by atoms with Crippen molar-refractivity contribution in [3.63, 3.8) is 0 Å². The van der Waals surface area contributed by atoms with Gasteiger partial charge in [-0.3, -0.25) is 9.69 Å². The third kappa shape index (κ3) is 3.46. The van der Waals surface area contributed by atoms with E-state index in [0.29, 0.717) is 12.6 Å². The standard InChI is InChI=1S/C18H26N2O/c1-19(17-9-3-2-4-10-17)14-18(21)20-12-11-15-7-5-6-8-16(15)13-20/h5-8,17H,2-4,9-14H2,1H3. The van der Waals surface area contributed by atoms with Crippen LogP contribution in [0.1, 0.15) is 43.2 Å². The average Bonchev–Trinajstić information content (AvgIpc) is 2.55. The number of amides is 1. The predicted octanol–water partition coefficient (Wildman–Crippen LogP) is 2.84. The Labute approximate surface area is 127 Å². The van der Waals surface area contributed by atoms with Gasteiger partial charge in [-0.05, 0) is 37.4 Å². The second kappa shape index (κ2) is 6.61. The first kappa shape index (κ1) is 14.6. The summed E-state index contributed by atoms with van der Waals surface area (Å²) in [7, 11) is 2.12. The van der Waals surface area contributed by atoms with Crippen molar-refractivity contribution in [2.75, 3.05) is 20.1 Å². The summed E-state index contributed by atoms with van der Waals surface area (Å²) < 4.78 is 0. The van der Waals surface area contributed by atoms with Gasteiger partial charge < -0.3 is 4.90 Å². The molecule has 0 N–H and O–H groups in total. The Bertz CT molecular complexity index is 494. The molecule has 3 nitrogen and oxygen atoms in total. The molecule has 1 amide bonds. The van der Waals surface area contributed by atoms with E-state index in [1.807, 2.05) is 4.90 Å². The topological polar surface area (TPSA) is 23.6 Å². The molecule has 0 radical (unpaired) electrons. The Morgan fingerprint density at radius 3 is 2.67 bits per heavy atom. The largest absolute Gasteiger partial charge is 0.337 e. The molecule has 0 spiro atoms. The van der Waals surface area contributed by atoms with Crippen LogP contribution in [-0.4, -0.2) is 41.9 Å². The van der Waals surface area contributed by atoms with Gasteiger partial charge in [0.1, 0.15) is 0 Å². The van der Waals surface area contributed by atoms with Crippen LogP contribution in [-0.2, 0) is 17.8 Å². The molecule has 1 aliphatic heterocycles. The molecule has 0 unspecified atom stereocenters. The molecule has 21 heavy (non-hydrogen) atoms. The van der Waals surface area contributed by atoms with Crippen molar-refractivity contribution in [1.82, 2.24) is 9.80 Å². The van der Waals surface area contributed by atoms with Gasteiger partial charge in [-0.2, -0.15) is 0 Å². The van der Waals surface area contributed by atoms with E-state index in [1.54, 1.807) is 0 Å². The number of nitrogens with zero attached hydrogens (tertiary/aromatic N) is 2. The highest BCUT2D eigenvalue weighted by atomic mass is 16.2.